The third-order valence-corrected chi connectivity index (χ3v) is 3.40. The first-order valence-corrected chi connectivity index (χ1v) is 5.73. The summed E-state index contributed by atoms with van der Waals surface area (Å²) in [5, 5.41) is 8.25. The quantitative estimate of drug-likeness (QED) is 0.840. The monoisotopic (exact) mass is 260 g/mol. The number of halogens is 3. The van der Waals surface area contributed by atoms with Crippen molar-refractivity contribution in [2.24, 2.45) is 5.92 Å². The van der Waals surface area contributed by atoms with E-state index in [0.717, 1.165) is 18.9 Å². The van der Waals surface area contributed by atoms with Gasteiger partial charge >= 0.3 is 5.97 Å². The van der Waals surface area contributed by atoms with Gasteiger partial charge in [0, 0.05) is 5.92 Å². The van der Waals surface area contributed by atoms with Gasteiger partial charge in [-0.2, -0.15) is 0 Å². The summed E-state index contributed by atoms with van der Waals surface area (Å²) in [4.78, 5) is 10.7. The largest absolute Gasteiger partial charge is 0.481 e. The molecule has 0 saturated heterocycles. The number of hydrogen-bond acceptors (Lipinski definition) is 1. The first kappa shape index (κ1) is 12.3. The van der Waals surface area contributed by atoms with E-state index in [4.69, 9.17) is 16.7 Å². The molecule has 1 aromatic carbocycles. The second kappa shape index (κ2) is 4.61. The molecule has 0 aliphatic heterocycles. The molecule has 1 saturated carbocycles. The Morgan fingerprint density at radius 2 is 2.12 bits per heavy atom. The van der Waals surface area contributed by atoms with E-state index in [-0.39, 0.29) is 17.9 Å². The van der Waals surface area contributed by atoms with E-state index < -0.39 is 28.5 Å². The number of carbonyl (C=O) groups is 1. The fourth-order valence-electron chi connectivity index (χ4n) is 2.04. The molecule has 0 bridgehead atoms. The van der Waals surface area contributed by atoms with Crippen LogP contribution in [-0.4, -0.2) is 11.1 Å². The molecule has 0 amide bonds. The Balaban J connectivity index is 2.35. The molecule has 0 heterocycles. The average molecular weight is 261 g/mol. The molecule has 1 unspecified atom stereocenters. The normalized spacial score (nSPS) is 16.9. The van der Waals surface area contributed by atoms with Crippen LogP contribution in [0.4, 0.5) is 8.78 Å². The maximum atomic E-state index is 13.8. The highest BCUT2D eigenvalue weighted by Gasteiger charge is 2.35. The maximum absolute atomic E-state index is 13.8. The third kappa shape index (κ3) is 2.57. The van der Waals surface area contributed by atoms with Gasteiger partial charge in [0.1, 0.15) is 16.7 Å². The molecule has 1 N–H and O–H groups in total. The summed E-state index contributed by atoms with van der Waals surface area (Å²) in [5.41, 5.74) is 0.210. The first-order valence-electron chi connectivity index (χ1n) is 5.36. The van der Waals surface area contributed by atoms with E-state index in [1.165, 1.54) is 6.07 Å². The zero-order valence-electron chi connectivity index (χ0n) is 8.92. The standard InChI is InChI=1S/C12H11ClF2O2/c13-11-9(14)4-3-7(12(11)15)8(5-10(16)17)6-1-2-6/h3-4,6,8H,1-2,5H2,(H,16,17). The van der Waals surface area contributed by atoms with Gasteiger partial charge in [0.15, 0.2) is 0 Å². The number of carboxylic acid groups (broad SMARTS) is 1. The molecule has 5 heteroatoms. The molecule has 17 heavy (non-hydrogen) atoms. The van der Waals surface area contributed by atoms with Gasteiger partial charge in [-0.3, -0.25) is 4.79 Å². The number of aliphatic carboxylic acids is 1. The van der Waals surface area contributed by atoms with Crippen molar-refractivity contribution in [2.75, 3.05) is 0 Å². The highest BCUT2D eigenvalue weighted by atomic mass is 35.5. The van der Waals surface area contributed by atoms with Gasteiger partial charge < -0.3 is 5.11 Å². The summed E-state index contributed by atoms with van der Waals surface area (Å²) >= 11 is 5.49. The van der Waals surface area contributed by atoms with E-state index >= 15 is 0 Å². The minimum absolute atomic E-state index is 0.149. The molecular formula is C12H11ClF2O2. The third-order valence-electron chi connectivity index (χ3n) is 3.05. The molecule has 0 radical (unpaired) electrons. The molecule has 1 atom stereocenters. The van der Waals surface area contributed by atoms with E-state index in [1.807, 2.05) is 0 Å². The zero-order valence-corrected chi connectivity index (χ0v) is 9.68. The maximum Gasteiger partial charge on any atom is 0.303 e. The number of rotatable bonds is 4. The Kier molecular flexibility index (Phi) is 3.33. The van der Waals surface area contributed by atoms with E-state index in [2.05, 4.69) is 0 Å². The van der Waals surface area contributed by atoms with Crippen LogP contribution >= 0.6 is 11.6 Å². The van der Waals surface area contributed by atoms with Crippen molar-refractivity contribution in [3.05, 3.63) is 34.4 Å². The van der Waals surface area contributed by atoms with E-state index in [9.17, 15) is 13.6 Å². The van der Waals surface area contributed by atoms with Gasteiger partial charge in [0.25, 0.3) is 0 Å². The van der Waals surface area contributed by atoms with Gasteiger partial charge in [-0.25, -0.2) is 8.78 Å². The van der Waals surface area contributed by atoms with Crippen LogP contribution in [0, 0.1) is 17.6 Å². The lowest BCUT2D eigenvalue weighted by molar-refractivity contribution is -0.137. The molecule has 2 nitrogen and oxygen atoms in total. The molecule has 0 spiro atoms. The molecule has 0 aromatic heterocycles. The lowest BCUT2D eigenvalue weighted by Crippen LogP contribution is -2.10. The van der Waals surface area contributed by atoms with Crippen LogP contribution in [0.1, 0.15) is 30.7 Å². The van der Waals surface area contributed by atoms with Crippen LogP contribution in [0.2, 0.25) is 5.02 Å². The van der Waals surface area contributed by atoms with Crippen molar-refractivity contribution < 1.29 is 18.7 Å². The van der Waals surface area contributed by atoms with Gasteiger partial charge in [0.2, 0.25) is 0 Å². The molecule has 1 aliphatic carbocycles. The fraction of sp³-hybridized carbons (Fsp3) is 0.417. The predicted octanol–water partition coefficient (Wildman–Crippen LogP) is 3.59. The Morgan fingerprint density at radius 1 is 1.47 bits per heavy atom. The van der Waals surface area contributed by atoms with Crippen molar-refractivity contribution in [2.45, 2.75) is 25.2 Å². The fourth-order valence-corrected chi connectivity index (χ4v) is 2.22. The van der Waals surface area contributed by atoms with Crippen molar-refractivity contribution in [1.82, 2.24) is 0 Å². The highest BCUT2D eigenvalue weighted by molar-refractivity contribution is 6.30. The molecule has 92 valence electrons. The molecule has 1 fully saturated rings. The number of hydrogen-bond donors (Lipinski definition) is 1. The molecule has 2 rings (SSSR count). The Morgan fingerprint density at radius 3 is 2.65 bits per heavy atom. The molecular weight excluding hydrogens is 250 g/mol. The number of benzene rings is 1. The summed E-state index contributed by atoms with van der Waals surface area (Å²) in [6.07, 6.45) is 1.61. The van der Waals surface area contributed by atoms with Crippen molar-refractivity contribution in [1.29, 1.82) is 0 Å². The topological polar surface area (TPSA) is 37.3 Å². The lowest BCUT2D eigenvalue weighted by atomic mass is 9.90. The SMILES string of the molecule is O=C(O)CC(c1ccc(F)c(Cl)c1F)C1CC1. The van der Waals surface area contributed by atoms with E-state index in [0.29, 0.717) is 0 Å². The minimum atomic E-state index is -0.984. The van der Waals surface area contributed by atoms with Crippen LogP contribution < -0.4 is 0 Å². The van der Waals surface area contributed by atoms with Gasteiger partial charge in [-0.1, -0.05) is 17.7 Å². The van der Waals surface area contributed by atoms with Crippen LogP contribution in [0.5, 0.6) is 0 Å². The summed E-state index contributed by atoms with van der Waals surface area (Å²) in [6.45, 7) is 0. The smallest absolute Gasteiger partial charge is 0.303 e. The lowest BCUT2D eigenvalue weighted by Gasteiger charge is -2.16. The zero-order chi connectivity index (χ0) is 12.6. The minimum Gasteiger partial charge on any atom is -0.481 e. The van der Waals surface area contributed by atoms with Gasteiger partial charge in [0.05, 0.1) is 6.42 Å². The van der Waals surface area contributed by atoms with Crippen LogP contribution in [0.25, 0.3) is 0 Å². The summed E-state index contributed by atoms with van der Waals surface area (Å²) < 4.78 is 26.8. The Bertz CT molecular complexity index is 458. The summed E-state index contributed by atoms with van der Waals surface area (Å²) in [7, 11) is 0. The Labute approximate surface area is 102 Å². The second-order valence-corrected chi connectivity index (χ2v) is 4.68. The Hall–Kier alpha value is -1.16. The molecule has 1 aromatic rings. The second-order valence-electron chi connectivity index (χ2n) is 4.31. The van der Waals surface area contributed by atoms with Gasteiger partial charge in [-0.05, 0) is 30.4 Å². The van der Waals surface area contributed by atoms with Crippen molar-refractivity contribution in [3.63, 3.8) is 0 Å². The number of carboxylic acids is 1. The summed E-state index contributed by atoms with van der Waals surface area (Å²) in [5.74, 6) is -2.88. The van der Waals surface area contributed by atoms with E-state index in [1.54, 1.807) is 0 Å². The predicted molar refractivity (Wildman–Crippen MR) is 59.1 cm³/mol. The van der Waals surface area contributed by atoms with Crippen molar-refractivity contribution in [3.8, 4) is 0 Å². The average Bonchev–Trinajstić information content (AvgIpc) is 3.07. The highest BCUT2D eigenvalue weighted by Crippen LogP contribution is 2.46. The van der Waals surface area contributed by atoms with Gasteiger partial charge in [-0.15, -0.1) is 0 Å². The molecule has 1 aliphatic rings. The van der Waals surface area contributed by atoms with Crippen LogP contribution in [0.3, 0.4) is 0 Å². The van der Waals surface area contributed by atoms with Crippen LogP contribution in [-0.2, 0) is 4.79 Å². The first-order chi connectivity index (χ1) is 8.00. The van der Waals surface area contributed by atoms with Crippen molar-refractivity contribution >= 4 is 17.6 Å². The van der Waals surface area contributed by atoms with Crippen LogP contribution in [0.15, 0.2) is 12.1 Å². The summed E-state index contributed by atoms with van der Waals surface area (Å²) in [6, 6.07) is 2.38.